The molecule has 1 saturated heterocycles. The highest BCUT2D eigenvalue weighted by Gasteiger charge is 2.34. The molecule has 3 amide bonds. The van der Waals surface area contributed by atoms with Crippen molar-refractivity contribution in [2.45, 2.75) is 0 Å². The number of benzene rings is 1. The Balaban J connectivity index is 1.75. The number of fused-ring (bicyclic) bond motifs is 2. The van der Waals surface area contributed by atoms with Crippen molar-refractivity contribution in [1.29, 1.82) is 0 Å². The number of hydrogen-bond donors (Lipinski definition) is 1. The number of anilines is 3. The number of nitrogens with zero attached hydrogens (tertiary/aromatic N) is 5. The molecule has 1 aromatic carbocycles. The second-order valence-electron chi connectivity index (χ2n) is 6.74. The van der Waals surface area contributed by atoms with E-state index in [1.807, 2.05) is 11.1 Å². The predicted molar refractivity (Wildman–Crippen MR) is 103 cm³/mol. The highest BCUT2D eigenvalue weighted by Crippen LogP contribution is 2.36. The number of pyridine rings is 1. The summed E-state index contributed by atoms with van der Waals surface area (Å²) in [7, 11) is 3.83. The third-order valence-corrected chi connectivity index (χ3v) is 5.01. The van der Waals surface area contributed by atoms with Gasteiger partial charge in [0.25, 0.3) is 5.91 Å². The van der Waals surface area contributed by atoms with Gasteiger partial charge < -0.3 is 10.2 Å². The lowest BCUT2D eigenvalue weighted by Gasteiger charge is -2.39. The Bertz CT molecular complexity index is 878. The number of carbonyl (C=O) groups is 2. The highest BCUT2D eigenvalue weighted by atomic mass is 16.2. The number of likely N-dealkylation sites (N-methyl/N-ethyl adjacent to an activating group) is 1. The number of para-hydroxylation sites is 1. The second kappa shape index (κ2) is 6.98. The minimum Gasteiger partial charge on any atom is -0.319 e. The molecule has 0 bridgehead atoms. The first-order valence-electron chi connectivity index (χ1n) is 8.93. The van der Waals surface area contributed by atoms with Gasteiger partial charge in [0.1, 0.15) is 0 Å². The summed E-state index contributed by atoms with van der Waals surface area (Å²) >= 11 is 0. The van der Waals surface area contributed by atoms with Crippen LogP contribution in [-0.4, -0.2) is 72.1 Å². The summed E-state index contributed by atoms with van der Waals surface area (Å²) in [6.45, 7) is 3.31. The molecule has 3 heterocycles. The third kappa shape index (κ3) is 3.13. The van der Waals surface area contributed by atoms with Crippen molar-refractivity contribution in [3.63, 3.8) is 0 Å². The molecule has 0 unspecified atom stereocenters. The van der Waals surface area contributed by atoms with Crippen LogP contribution in [0.5, 0.6) is 0 Å². The summed E-state index contributed by atoms with van der Waals surface area (Å²) in [6.07, 6.45) is 1.62. The number of carbonyl (C=O) groups excluding carboxylic acids is 2. The number of nitrogens with one attached hydrogen (secondary N) is 1. The van der Waals surface area contributed by atoms with E-state index in [2.05, 4.69) is 22.2 Å². The zero-order valence-electron chi connectivity index (χ0n) is 15.4. The molecule has 2 aliphatic rings. The molecule has 0 radical (unpaired) electrons. The summed E-state index contributed by atoms with van der Waals surface area (Å²) in [5, 5.41) is 6.50. The fraction of sp³-hybridized carbons (Fsp3) is 0.316. The van der Waals surface area contributed by atoms with Crippen molar-refractivity contribution in [2.24, 2.45) is 0 Å². The molecule has 1 aromatic heterocycles. The zero-order valence-corrected chi connectivity index (χ0v) is 15.4. The van der Waals surface area contributed by atoms with Crippen molar-refractivity contribution in [3.8, 4) is 0 Å². The van der Waals surface area contributed by atoms with Crippen LogP contribution >= 0.6 is 0 Å². The van der Waals surface area contributed by atoms with E-state index in [-0.39, 0.29) is 11.9 Å². The van der Waals surface area contributed by atoms with Gasteiger partial charge in [0.15, 0.2) is 5.82 Å². The third-order valence-electron chi connectivity index (χ3n) is 5.01. The van der Waals surface area contributed by atoms with Crippen molar-refractivity contribution >= 4 is 29.1 Å². The minimum absolute atomic E-state index is 0.247. The van der Waals surface area contributed by atoms with Gasteiger partial charge in [-0.1, -0.05) is 12.1 Å². The Morgan fingerprint density at radius 3 is 2.63 bits per heavy atom. The van der Waals surface area contributed by atoms with Gasteiger partial charge >= 0.3 is 6.03 Å². The largest absolute Gasteiger partial charge is 0.344 e. The number of aromatic nitrogens is 1. The van der Waals surface area contributed by atoms with Crippen LogP contribution in [0.25, 0.3) is 0 Å². The fourth-order valence-electron chi connectivity index (χ4n) is 3.39. The van der Waals surface area contributed by atoms with Crippen LogP contribution in [0.1, 0.15) is 10.4 Å². The average molecular weight is 366 g/mol. The van der Waals surface area contributed by atoms with E-state index >= 15 is 0 Å². The van der Waals surface area contributed by atoms with E-state index in [0.717, 1.165) is 26.2 Å². The molecule has 0 saturated carbocycles. The molecule has 8 heteroatoms. The quantitative estimate of drug-likeness (QED) is 0.836. The van der Waals surface area contributed by atoms with Crippen LogP contribution < -0.4 is 10.2 Å². The molecule has 0 atom stereocenters. The zero-order chi connectivity index (χ0) is 19.0. The smallest absolute Gasteiger partial charge is 0.319 e. The van der Waals surface area contributed by atoms with Gasteiger partial charge in [0.2, 0.25) is 0 Å². The molecule has 1 fully saturated rings. The Morgan fingerprint density at radius 2 is 1.85 bits per heavy atom. The van der Waals surface area contributed by atoms with E-state index in [4.69, 9.17) is 0 Å². The first-order valence-corrected chi connectivity index (χ1v) is 8.93. The van der Waals surface area contributed by atoms with Gasteiger partial charge in [0.05, 0.1) is 16.9 Å². The van der Waals surface area contributed by atoms with Crippen LogP contribution in [0.15, 0.2) is 42.6 Å². The maximum Gasteiger partial charge on any atom is 0.344 e. The van der Waals surface area contributed by atoms with Gasteiger partial charge in [-0.25, -0.2) is 19.7 Å². The Hall–Kier alpha value is -2.97. The van der Waals surface area contributed by atoms with Crippen molar-refractivity contribution in [2.75, 3.05) is 50.5 Å². The van der Waals surface area contributed by atoms with E-state index in [0.29, 0.717) is 22.8 Å². The van der Waals surface area contributed by atoms with E-state index < -0.39 is 0 Å². The SMILES string of the molecule is CN1CCN(N(C)C(=O)N2c3ccccc3C(=O)Nc3cccnc32)CC1. The number of rotatable bonds is 1. The Kier molecular flexibility index (Phi) is 4.51. The lowest BCUT2D eigenvalue weighted by Crippen LogP contribution is -2.55. The summed E-state index contributed by atoms with van der Waals surface area (Å²) in [4.78, 5) is 34.3. The molecule has 140 valence electrons. The number of amides is 3. The van der Waals surface area contributed by atoms with Crippen molar-refractivity contribution in [3.05, 3.63) is 48.2 Å². The summed E-state index contributed by atoms with van der Waals surface area (Å²) in [5.74, 6) is 0.166. The minimum atomic E-state index is -0.252. The molecule has 0 spiro atoms. The monoisotopic (exact) mass is 366 g/mol. The predicted octanol–water partition coefficient (Wildman–Crippen LogP) is 2.00. The fourth-order valence-corrected chi connectivity index (χ4v) is 3.39. The molecular weight excluding hydrogens is 344 g/mol. The van der Waals surface area contributed by atoms with Gasteiger partial charge in [-0.2, -0.15) is 0 Å². The maximum atomic E-state index is 13.5. The van der Waals surface area contributed by atoms with Gasteiger partial charge in [-0.15, -0.1) is 0 Å². The Labute approximate surface area is 157 Å². The summed E-state index contributed by atoms with van der Waals surface area (Å²) in [6, 6.07) is 10.3. The number of piperazine rings is 1. The van der Waals surface area contributed by atoms with E-state index in [1.165, 1.54) is 4.90 Å². The van der Waals surface area contributed by atoms with Gasteiger partial charge in [0, 0.05) is 39.4 Å². The molecule has 2 aliphatic heterocycles. The molecular formula is C19H22N6O2. The summed E-state index contributed by atoms with van der Waals surface area (Å²) in [5.41, 5.74) is 1.48. The second-order valence-corrected chi connectivity index (χ2v) is 6.74. The van der Waals surface area contributed by atoms with Gasteiger partial charge in [-0.05, 0) is 31.3 Å². The summed E-state index contributed by atoms with van der Waals surface area (Å²) < 4.78 is 0. The maximum absolute atomic E-state index is 13.5. The van der Waals surface area contributed by atoms with Crippen LogP contribution in [0.3, 0.4) is 0 Å². The lowest BCUT2D eigenvalue weighted by atomic mass is 10.1. The van der Waals surface area contributed by atoms with E-state index in [9.17, 15) is 9.59 Å². The highest BCUT2D eigenvalue weighted by molar-refractivity contribution is 6.16. The molecule has 2 aromatic rings. The number of hydrazine groups is 1. The molecule has 27 heavy (non-hydrogen) atoms. The number of hydrogen-bond acceptors (Lipinski definition) is 5. The Morgan fingerprint density at radius 1 is 1.11 bits per heavy atom. The topological polar surface area (TPSA) is 72.0 Å². The van der Waals surface area contributed by atoms with E-state index in [1.54, 1.807) is 48.6 Å². The first kappa shape index (κ1) is 17.4. The van der Waals surface area contributed by atoms with Crippen LogP contribution in [-0.2, 0) is 0 Å². The average Bonchev–Trinajstić information content (AvgIpc) is 2.81. The normalized spacial score (nSPS) is 17.6. The van der Waals surface area contributed by atoms with Crippen LogP contribution in [0.2, 0.25) is 0 Å². The lowest BCUT2D eigenvalue weighted by molar-refractivity contribution is 0.00221. The molecule has 8 nitrogen and oxygen atoms in total. The van der Waals surface area contributed by atoms with Crippen LogP contribution in [0.4, 0.5) is 22.0 Å². The number of urea groups is 1. The van der Waals surface area contributed by atoms with Crippen LogP contribution in [0, 0.1) is 0 Å². The standard InChI is InChI=1S/C19H22N6O2/c1-22-10-12-24(13-11-22)23(2)19(27)25-16-8-4-3-6-14(16)18(26)21-15-7-5-9-20-17(15)25/h3-9H,10-13H2,1-2H3,(H,21,26). The molecule has 0 aliphatic carbocycles. The van der Waals surface area contributed by atoms with Crippen molar-refractivity contribution in [1.82, 2.24) is 19.9 Å². The molecule has 1 N–H and O–H groups in total. The first-order chi connectivity index (χ1) is 13.1. The van der Waals surface area contributed by atoms with Gasteiger partial charge in [-0.3, -0.25) is 9.80 Å². The molecule has 4 rings (SSSR count). The van der Waals surface area contributed by atoms with Crippen molar-refractivity contribution < 1.29 is 9.59 Å².